The van der Waals surface area contributed by atoms with Crippen LogP contribution >= 0.6 is 0 Å². The van der Waals surface area contributed by atoms with Gasteiger partial charge in [0.05, 0.1) is 12.5 Å². The first-order valence-electron chi connectivity index (χ1n) is 6.86. The fraction of sp³-hybridized carbons (Fsp3) is 0.533. The van der Waals surface area contributed by atoms with E-state index in [2.05, 4.69) is 4.90 Å². The Morgan fingerprint density at radius 2 is 2.16 bits per heavy atom. The lowest BCUT2D eigenvalue weighted by Gasteiger charge is -2.31. The maximum atomic E-state index is 11.8. The Morgan fingerprint density at radius 3 is 2.84 bits per heavy atom. The number of carbonyl (C=O) groups excluding carboxylic acids is 1. The number of nitrogens with zero attached hydrogens (tertiary/aromatic N) is 1. The van der Waals surface area contributed by atoms with E-state index >= 15 is 0 Å². The topological polar surface area (TPSA) is 49.8 Å². The highest BCUT2D eigenvalue weighted by atomic mass is 16.5. The van der Waals surface area contributed by atoms with E-state index in [0.717, 1.165) is 38.0 Å². The molecular formula is C15H21NO3. The fourth-order valence-electron chi connectivity index (χ4n) is 2.51. The van der Waals surface area contributed by atoms with Crippen LogP contribution in [0.3, 0.4) is 0 Å². The van der Waals surface area contributed by atoms with Crippen LogP contribution in [-0.4, -0.2) is 35.7 Å². The van der Waals surface area contributed by atoms with Gasteiger partial charge in [-0.2, -0.15) is 0 Å². The first kappa shape index (κ1) is 13.9. The number of ether oxygens (including phenoxy) is 1. The van der Waals surface area contributed by atoms with E-state index in [4.69, 9.17) is 4.74 Å². The Bertz CT molecular complexity index is 416. The molecule has 0 bridgehead atoms. The molecule has 1 aliphatic heterocycles. The predicted octanol–water partition coefficient (Wildman–Crippen LogP) is 2.17. The number of hydrogen-bond acceptors (Lipinski definition) is 4. The van der Waals surface area contributed by atoms with Crippen molar-refractivity contribution in [3.63, 3.8) is 0 Å². The highest BCUT2D eigenvalue weighted by molar-refractivity contribution is 5.72. The van der Waals surface area contributed by atoms with Crippen LogP contribution in [0.15, 0.2) is 24.3 Å². The third kappa shape index (κ3) is 3.96. The maximum absolute atomic E-state index is 11.8. The van der Waals surface area contributed by atoms with Crippen LogP contribution < -0.4 is 0 Å². The zero-order chi connectivity index (χ0) is 13.7. The van der Waals surface area contributed by atoms with Gasteiger partial charge in [-0.3, -0.25) is 9.69 Å². The second kappa shape index (κ2) is 6.57. The normalized spacial score (nSPS) is 20.2. The zero-order valence-corrected chi connectivity index (χ0v) is 11.3. The molecule has 4 heteroatoms. The number of likely N-dealkylation sites (tertiary alicyclic amines) is 1. The summed E-state index contributed by atoms with van der Waals surface area (Å²) in [5.41, 5.74) is 1.15. The molecule has 1 N–H and O–H groups in total. The van der Waals surface area contributed by atoms with Crippen molar-refractivity contribution >= 4 is 5.97 Å². The van der Waals surface area contributed by atoms with E-state index in [1.54, 1.807) is 12.1 Å². The maximum Gasteiger partial charge on any atom is 0.310 e. The van der Waals surface area contributed by atoms with Gasteiger partial charge in [0.1, 0.15) is 5.75 Å². The van der Waals surface area contributed by atoms with Crippen molar-refractivity contribution in [2.75, 3.05) is 19.7 Å². The van der Waals surface area contributed by atoms with Gasteiger partial charge in [0.15, 0.2) is 0 Å². The third-order valence-electron chi connectivity index (χ3n) is 3.47. The van der Waals surface area contributed by atoms with Crippen LogP contribution in [0.4, 0.5) is 0 Å². The highest BCUT2D eigenvalue weighted by Crippen LogP contribution is 2.20. The van der Waals surface area contributed by atoms with Gasteiger partial charge in [0.2, 0.25) is 0 Å². The molecule has 1 heterocycles. The molecule has 104 valence electrons. The van der Waals surface area contributed by atoms with Gasteiger partial charge in [0.25, 0.3) is 0 Å². The number of hydrogen-bond donors (Lipinski definition) is 1. The van der Waals surface area contributed by atoms with Crippen molar-refractivity contribution in [3.05, 3.63) is 29.8 Å². The number of phenolic OH excluding ortho intramolecular Hbond substituents is 1. The van der Waals surface area contributed by atoms with E-state index in [1.165, 1.54) is 0 Å². The summed E-state index contributed by atoms with van der Waals surface area (Å²) in [7, 11) is 0. The smallest absolute Gasteiger partial charge is 0.310 e. The largest absolute Gasteiger partial charge is 0.508 e. The summed E-state index contributed by atoms with van der Waals surface area (Å²) in [4.78, 5) is 14.0. The number of aromatic hydroxyl groups is 1. The van der Waals surface area contributed by atoms with Crippen LogP contribution in [0, 0.1) is 5.92 Å². The van der Waals surface area contributed by atoms with Crippen LogP contribution in [0.25, 0.3) is 0 Å². The van der Waals surface area contributed by atoms with Crippen molar-refractivity contribution < 1.29 is 14.6 Å². The number of piperidine rings is 1. The van der Waals surface area contributed by atoms with E-state index in [1.807, 2.05) is 19.1 Å². The summed E-state index contributed by atoms with van der Waals surface area (Å²) < 4.78 is 5.10. The van der Waals surface area contributed by atoms with Crippen LogP contribution in [-0.2, 0) is 16.1 Å². The summed E-state index contributed by atoms with van der Waals surface area (Å²) in [6.45, 7) is 4.88. The molecule has 0 saturated carbocycles. The fourth-order valence-corrected chi connectivity index (χ4v) is 2.51. The summed E-state index contributed by atoms with van der Waals surface area (Å²) in [5, 5.41) is 9.26. The van der Waals surface area contributed by atoms with Crippen molar-refractivity contribution in [1.29, 1.82) is 0 Å². The minimum absolute atomic E-state index is 0.00538. The molecule has 0 aliphatic carbocycles. The van der Waals surface area contributed by atoms with Gasteiger partial charge < -0.3 is 9.84 Å². The van der Waals surface area contributed by atoms with Gasteiger partial charge in [-0.15, -0.1) is 0 Å². The number of benzene rings is 1. The Morgan fingerprint density at radius 1 is 1.42 bits per heavy atom. The highest BCUT2D eigenvalue weighted by Gasteiger charge is 2.26. The molecule has 1 aliphatic rings. The number of carbonyl (C=O) groups is 1. The molecule has 0 spiro atoms. The predicted molar refractivity (Wildman–Crippen MR) is 72.7 cm³/mol. The molecule has 0 unspecified atom stereocenters. The Labute approximate surface area is 114 Å². The van der Waals surface area contributed by atoms with Gasteiger partial charge in [-0.1, -0.05) is 12.1 Å². The monoisotopic (exact) mass is 263 g/mol. The van der Waals surface area contributed by atoms with Crippen molar-refractivity contribution in [2.24, 2.45) is 5.92 Å². The van der Waals surface area contributed by atoms with Crippen molar-refractivity contribution in [2.45, 2.75) is 26.3 Å². The molecule has 1 fully saturated rings. The lowest BCUT2D eigenvalue weighted by atomic mass is 9.98. The quantitative estimate of drug-likeness (QED) is 0.846. The number of rotatable bonds is 4. The average Bonchev–Trinajstić information content (AvgIpc) is 2.42. The van der Waals surface area contributed by atoms with Crippen LogP contribution in [0.1, 0.15) is 25.3 Å². The Kier molecular flexibility index (Phi) is 4.80. The molecule has 0 amide bonds. The molecule has 2 rings (SSSR count). The number of phenols is 1. The SMILES string of the molecule is CCOC(=O)[C@H]1CCCN(Cc2ccc(O)cc2)C1. The minimum atomic E-state index is -0.0714. The second-order valence-electron chi connectivity index (χ2n) is 4.99. The second-order valence-corrected chi connectivity index (χ2v) is 4.99. The summed E-state index contributed by atoms with van der Waals surface area (Å²) >= 11 is 0. The summed E-state index contributed by atoms with van der Waals surface area (Å²) in [6, 6.07) is 7.23. The standard InChI is InChI=1S/C15H21NO3/c1-2-19-15(18)13-4-3-9-16(11-13)10-12-5-7-14(17)8-6-12/h5-8,13,17H,2-4,9-11H2,1H3/t13-/m0/s1. The van der Waals surface area contributed by atoms with Crippen molar-refractivity contribution in [3.8, 4) is 5.75 Å². The minimum Gasteiger partial charge on any atom is -0.508 e. The zero-order valence-electron chi connectivity index (χ0n) is 11.3. The first-order chi connectivity index (χ1) is 9.19. The molecule has 4 nitrogen and oxygen atoms in total. The average molecular weight is 263 g/mol. The Balaban J connectivity index is 1.90. The van der Waals surface area contributed by atoms with Gasteiger partial charge in [0, 0.05) is 13.1 Å². The molecule has 19 heavy (non-hydrogen) atoms. The lowest BCUT2D eigenvalue weighted by Crippen LogP contribution is -2.38. The molecule has 1 atom stereocenters. The summed E-state index contributed by atoms with van der Waals surface area (Å²) in [5.74, 6) is 0.218. The van der Waals surface area contributed by atoms with Crippen LogP contribution in [0.5, 0.6) is 5.75 Å². The summed E-state index contributed by atoms with van der Waals surface area (Å²) in [6.07, 6.45) is 1.95. The molecular weight excluding hydrogens is 242 g/mol. The number of esters is 1. The lowest BCUT2D eigenvalue weighted by molar-refractivity contribution is -0.150. The Hall–Kier alpha value is -1.55. The first-order valence-corrected chi connectivity index (χ1v) is 6.86. The van der Waals surface area contributed by atoms with Gasteiger partial charge >= 0.3 is 5.97 Å². The van der Waals surface area contributed by atoms with E-state index in [0.29, 0.717) is 6.61 Å². The van der Waals surface area contributed by atoms with Gasteiger partial charge in [-0.05, 0) is 44.0 Å². The molecule has 1 aromatic rings. The third-order valence-corrected chi connectivity index (χ3v) is 3.47. The molecule has 0 radical (unpaired) electrons. The molecule has 1 saturated heterocycles. The van der Waals surface area contributed by atoms with Crippen molar-refractivity contribution in [1.82, 2.24) is 4.90 Å². The van der Waals surface area contributed by atoms with E-state index in [-0.39, 0.29) is 17.6 Å². The molecule has 1 aromatic carbocycles. The van der Waals surface area contributed by atoms with Crippen LogP contribution in [0.2, 0.25) is 0 Å². The molecule has 0 aromatic heterocycles. The van der Waals surface area contributed by atoms with E-state index in [9.17, 15) is 9.90 Å². The van der Waals surface area contributed by atoms with Gasteiger partial charge in [-0.25, -0.2) is 0 Å². The van der Waals surface area contributed by atoms with E-state index < -0.39 is 0 Å².